The normalized spacial score (nSPS) is 13.7. The van der Waals surface area contributed by atoms with Gasteiger partial charge in [0.1, 0.15) is 5.82 Å². The van der Waals surface area contributed by atoms with Crippen molar-refractivity contribution >= 4 is 39.8 Å². The first-order valence-corrected chi connectivity index (χ1v) is 11.2. The van der Waals surface area contributed by atoms with Gasteiger partial charge in [0.15, 0.2) is 5.13 Å². The molecular formula is C23H24FN5O2S. The molecular weight excluding hydrogens is 429 g/mol. The third-order valence-corrected chi connectivity index (χ3v) is 6.05. The van der Waals surface area contributed by atoms with Gasteiger partial charge in [0.25, 0.3) is 0 Å². The van der Waals surface area contributed by atoms with Gasteiger partial charge in [-0.05, 0) is 31.2 Å². The van der Waals surface area contributed by atoms with E-state index < -0.39 is 0 Å². The molecule has 32 heavy (non-hydrogen) atoms. The van der Waals surface area contributed by atoms with Gasteiger partial charge in [-0.25, -0.2) is 14.2 Å². The molecule has 0 bridgehead atoms. The number of thiazole rings is 1. The third kappa shape index (κ3) is 5.42. The molecule has 1 aromatic heterocycles. The van der Waals surface area contributed by atoms with Crippen LogP contribution in [0.2, 0.25) is 0 Å². The van der Waals surface area contributed by atoms with E-state index in [0.29, 0.717) is 48.4 Å². The molecule has 1 fully saturated rings. The van der Waals surface area contributed by atoms with Crippen LogP contribution in [0.1, 0.15) is 11.3 Å². The summed E-state index contributed by atoms with van der Waals surface area (Å²) in [4.78, 5) is 32.9. The Morgan fingerprint density at radius 3 is 2.47 bits per heavy atom. The molecule has 0 saturated carbocycles. The highest BCUT2D eigenvalue weighted by molar-refractivity contribution is 7.14. The van der Waals surface area contributed by atoms with Gasteiger partial charge in [-0.2, -0.15) is 0 Å². The molecule has 166 valence electrons. The van der Waals surface area contributed by atoms with E-state index in [1.165, 1.54) is 17.4 Å². The number of aromatic nitrogens is 1. The minimum absolute atomic E-state index is 0.0286. The Morgan fingerprint density at radius 1 is 1.03 bits per heavy atom. The molecule has 1 aliphatic rings. The number of carbonyl (C=O) groups excluding carboxylic acids is 2. The highest BCUT2D eigenvalue weighted by Crippen LogP contribution is 2.21. The molecule has 2 aromatic carbocycles. The fraction of sp³-hybridized carbons (Fsp3) is 0.261. The summed E-state index contributed by atoms with van der Waals surface area (Å²) in [6, 6.07) is 13.8. The number of hydrogen-bond donors (Lipinski definition) is 2. The zero-order valence-electron chi connectivity index (χ0n) is 17.7. The lowest BCUT2D eigenvalue weighted by atomic mass is 10.2. The Kier molecular flexibility index (Phi) is 6.65. The molecule has 7 nitrogen and oxygen atoms in total. The van der Waals surface area contributed by atoms with E-state index in [-0.39, 0.29) is 24.2 Å². The number of carbonyl (C=O) groups is 2. The number of benzene rings is 2. The van der Waals surface area contributed by atoms with E-state index in [2.05, 4.69) is 15.6 Å². The molecule has 2 N–H and O–H groups in total. The van der Waals surface area contributed by atoms with Crippen molar-refractivity contribution in [2.24, 2.45) is 0 Å². The van der Waals surface area contributed by atoms with Crippen molar-refractivity contribution in [3.05, 3.63) is 71.0 Å². The van der Waals surface area contributed by atoms with Crippen molar-refractivity contribution in [1.82, 2.24) is 9.88 Å². The fourth-order valence-corrected chi connectivity index (χ4v) is 4.22. The zero-order chi connectivity index (χ0) is 22.5. The van der Waals surface area contributed by atoms with Crippen LogP contribution >= 0.6 is 11.3 Å². The Morgan fingerprint density at radius 2 is 1.75 bits per heavy atom. The molecule has 0 spiro atoms. The van der Waals surface area contributed by atoms with Crippen molar-refractivity contribution in [1.29, 1.82) is 0 Å². The third-order valence-electron chi connectivity index (χ3n) is 5.24. The average Bonchev–Trinajstić information content (AvgIpc) is 3.22. The van der Waals surface area contributed by atoms with E-state index in [1.54, 1.807) is 22.4 Å². The van der Waals surface area contributed by atoms with Gasteiger partial charge in [0, 0.05) is 37.2 Å². The Hall–Kier alpha value is -3.46. The van der Waals surface area contributed by atoms with Gasteiger partial charge >= 0.3 is 6.03 Å². The maximum atomic E-state index is 14.0. The van der Waals surface area contributed by atoms with Crippen LogP contribution in [-0.4, -0.2) is 48.0 Å². The molecule has 0 radical (unpaired) electrons. The number of halogens is 1. The SMILES string of the molecule is Cc1ccc(NC(=O)Nc2nc(CC(=O)N3CCN(c4ccccc4F)CC3)cs2)cc1. The first kappa shape index (κ1) is 21.8. The molecule has 0 atom stereocenters. The maximum Gasteiger partial charge on any atom is 0.325 e. The van der Waals surface area contributed by atoms with Crippen molar-refractivity contribution in [2.75, 3.05) is 41.7 Å². The summed E-state index contributed by atoms with van der Waals surface area (Å²) in [5, 5.41) is 7.65. The van der Waals surface area contributed by atoms with E-state index >= 15 is 0 Å². The van der Waals surface area contributed by atoms with Crippen LogP contribution in [0.25, 0.3) is 0 Å². The van der Waals surface area contributed by atoms with E-state index in [1.807, 2.05) is 42.2 Å². The molecule has 4 rings (SSSR count). The average molecular weight is 454 g/mol. The van der Waals surface area contributed by atoms with E-state index in [0.717, 1.165) is 5.56 Å². The second-order valence-corrected chi connectivity index (χ2v) is 8.44. The van der Waals surface area contributed by atoms with Crippen LogP contribution in [0.3, 0.4) is 0 Å². The largest absolute Gasteiger partial charge is 0.366 e. The van der Waals surface area contributed by atoms with E-state index in [4.69, 9.17) is 0 Å². The van der Waals surface area contributed by atoms with Gasteiger partial charge in [0.2, 0.25) is 5.91 Å². The number of aryl methyl sites for hydroxylation is 1. The number of para-hydroxylation sites is 1. The van der Waals surface area contributed by atoms with Crippen LogP contribution in [-0.2, 0) is 11.2 Å². The highest BCUT2D eigenvalue weighted by atomic mass is 32.1. The lowest BCUT2D eigenvalue weighted by molar-refractivity contribution is -0.130. The quantitative estimate of drug-likeness (QED) is 0.609. The Bertz CT molecular complexity index is 1090. The first-order valence-electron chi connectivity index (χ1n) is 10.3. The van der Waals surface area contributed by atoms with Gasteiger partial charge in [-0.1, -0.05) is 29.8 Å². The summed E-state index contributed by atoms with van der Waals surface area (Å²) in [7, 11) is 0. The minimum Gasteiger partial charge on any atom is -0.366 e. The van der Waals surface area contributed by atoms with Crippen LogP contribution < -0.4 is 15.5 Å². The second-order valence-electron chi connectivity index (χ2n) is 7.59. The van der Waals surface area contributed by atoms with Gasteiger partial charge in [-0.3, -0.25) is 10.1 Å². The summed E-state index contributed by atoms with van der Waals surface area (Å²) in [5.41, 5.74) is 2.98. The first-order chi connectivity index (χ1) is 15.5. The predicted molar refractivity (Wildman–Crippen MR) is 125 cm³/mol. The fourth-order valence-electron chi connectivity index (χ4n) is 3.51. The number of amides is 3. The summed E-state index contributed by atoms with van der Waals surface area (Å²) in [6.07, 6.45) is 0.164. The number of nitrogens with zero attached hydrogens (tertiary/aromatic N) is 3. The Balaban J connectivity index is 1.26. The second kappa shape index (κ2) is 9.78. The molecule has 9 heteroatoms. The predicted octanol–water partition coefficient (Wildman–Crippen LogP) is 4.13. The lowest BCUT2D eigenvalue weighted by Gasteiger charge is -2.36. The summed E-state index contributed by atoms with van der Waals surface area (Å²) in [5.74, 6) is -0.277. The number of anilines is 3. The molecule has 3 amide bonds. The molecule has 1 saturated heterocycles. The van der Waals surface area contributed by atoms with Crippen molar-refractivity contribution in [2.45, 2.75) is 13.3 Å². The van der Waals surface area contributed by atoms with Crippen molar-refractivity contribution in [3.63, 3.8) is 0 Å². The number of nitrogens with one attached hydrogen (secondary N) is 2. The number of rotatable bonds is 5. The highest BCUT2D eigenvalue weighted by Gasteiger charge is 2.23. The van der Waals surface area contributed by atoms with Gasteiger partial charge < -0.3 is 15.1 Å². The van der Waals surface area contributed by atoms with Crippen LogP contribution in [0.15, 0.2) is 53.9 Å². The molecule has 2 heterocycles. The smallest absolute Gasteiger partial charge is 0.325 e. The van der Waals surface area contributed by atoms with E-state index in [9.17, 15) is 14.0 Å². The van der Waals surface area contributed by atoms with Crippen LogP contribution in [0.5, 0.6) is 0 Å². The monoisotopic (exact) mass is 453 g/mol. The van der Waals surface area contributed by atoms with Crippen LogP contribution in [0.4, 0.5) is 25.7 Å². The molecule has 0 unspecified atom stereocenters. The number of piperazine rings is 1. The summed E-state index contributed by atoms with van der Waals surface area (Å²) < 4.78 is 14.0. The number of hydrogen-bond acceptors (Lipinski definition) is 5. The maximum absolute atomic E-state index is 14.0. The van der Waals surface area contributed by atoms with Crippen LogP contribution in [0, 0.1) is 12.7 Å². The van der Waals surface area contributed by atoms with Crippen molar-refractivity contribution < 1.29 is 14.0 Å². The molecule has 1 aliphatic heterocycles. The van der Waals surface area contributed by atoms with Crippen molar-refractivity contribution in [3.8, 4) is 0 Å². The molecule has 3 aromatic rings. The minimum atomic E-state index is -0.384. The summed E-state index contributed by atoms with van der Waals surface area (Å²) in [6.45, 7) is 4.19. The molecule has 0 aliphatic carbocycles. The van der Waals surface area contributed by atoms with Gasteiger partial charge in [0.05, 0.1) is 17.8 Å². The lowest BCUT2D eigenvalue weighted by Crippen LogP contribution is -2.49. The summed E-state index contributed by atoms with van der Waals surface area (Å²) >= 11 is 1.28. The standard InChI is InChI=1S/C23H24FN5O2S/c1-16-6-8-17(9-7-16)25-22(31)27-23-26-18(15-32-23)14-21(30)29-12-10-28(11-13-29)20-5-3-2-4-19(20)24/h2-9,15H,10-14H2,1H3,(H2,25,26,27,31). The Labute approximate surface area is 189 Å². The zero-order valence-corrected chi connectivity index (χ0v) is 18.5. The van der Waals surface area contributed by atoms with Gasteiger partial charge in [-0.15, -0.1) is 11.3 Å². The number of urea groups is 1. The topological polar surface area (TPSA) is 77.6 Å².